The Morgan fingerprint density at radius 2 is 2.40 bits per heavy atom. The van der Waals surface area contributed by atoms with E-state index in [1.54, 1.807) is 19.2 Å². The van der Waals surface area contributed by atoms with Gasteiger partial charge in [-0.15, -0.1) is 0 Å². The first-order valence-corrected chi connectivity index (χ1v) is 5.29. The predicted molar refractivity (Wildman–Crippen MR) is 60.6 cm³/mol. The van der Waals surface area contributed by atoms with E-state index in [1.807, 2.05) is 0 Å². The highest BCUT2D eigenvalue weighted by atomic mass is 35.5. The SMILES string of the molecule is COc1ccc(Cl)c(N2CC[C@@H](N)C2)n1. The minimum absolute atomic E-state index is 0.217. The van der Waals surface area contributed by atoms with Crippen molar-refractivity contribution in [1.29, 1.82) is 0 Å². The number of nitrogens with two attached hydrogens (primary N) is 1. The molecule has 1 aromatic rings. The highest BCUT2D eigenvalue weighted by Gasteiger charge is 2.22. The van der Waals surface area contributed by atoms with Crippen LogP contribution in [0.15, 0.2) is 12.1 Å². The maximum atomic E-state index is 6.08. The van der Waals surface area contributed by atoms with Gasteiger partial charge >= 0.3 is 0 Å². The molecule has 0 radical (unpaired) electrons. The van der Waals surface area contributed by atoms with Crippen LogP contribution < -0.4 is 15.4 Å². The number of anilines is 1. The molecule has 0 bridgehead atoms. The van der Waals surface area contributed by atoms with Gasteiger partial charge in [0.1, 0.15) is 0 Å². The molecule has 1 aliphatic heterocycles. The lowest BCUT2D eigenvalue weighted by Gasteiger charge is -2.18. The second-order valence-corrected chi connectivity index (χ2v) is 4.06. The summed E-state index contributed by atoms with van der Waals surface area (Å²) in [4.78, 5) is 6.42. The summed E-state index contributed by atoms with van der Waals surface area (Å²) in [6.45, 7) is 1.71. The van der Waals surface area contributed by atoms with Crippen molar-refractivity contribution in [2.24, 2.45) is 5.73 Å². The molecule has 1 aliphatic rings. The number of hydrogen-bond acceptors (Lipinski definition) is 4. The van der Waals surface area contributed by atoms with Gasteiger partial charge in [-0.25, -0.2) is 0 Å². The van der Waals surface area contributed by atoms with Crippen LogP contribution in [0, 0.1) is 0 Å². The first kappa shape index (κ1) is 10.5. The molecular weight excluding hydrogens is 214 g/mol. The molecule has 2 N–H and O–H groups in total. The molecular formula is C10H14ClN3O. The monoisotopic (exact) mass is 227 g/mol. The molecule has 1 fully saturated rings. The van der Waals surface area contributed by atoms with E-state index >= 15 is 0 Å². The topological polar surface area (TPSA) is 51.4 Å². The van der Waals surface area contributed by atoms with E-state index < -0.39 is 0 Å². The number of halogens is 1. The molecule has 1 saturated heterocycles. The van der Waals surface area contributed by atoms with Gasteiger partial charge in [0.15, 0.2) is 5.82 Å². The quantitative estimate of drug-likeness (QED) is 0.827. The van der Waals surface area contributed by atoms with E-state index in [-0.39, 0.29) is 6.04 Å². The van der Waals surface area contributed by atoms with Crippen molar-refractivity contribution >= 4 is 17.4 Å². The summed E-state index contributed by atoms with van der Waals surface area (Å²) in [6, 6.07) is 3.77. The van der Waals surface area contributed by atoms with Crippen molar-refractivity contribution in [3.05, 3.63) is 17.2 Å². The molecule has 1 aromatic heterocycles. The van der Waals surface area contributed by atoms with E-state index in [0.717, 1.165) is 25.3 Å². The number of methoxy groups -OCH3 is 1. The lowest BCUT2D eigenvalue weighted by molar-refractivity contribution is 0.398. The molecule has 15 heavy (non-hydrogen) atoms. The Morgan fingerprint density at radius 3 is 3.00 bits per heavy atom. The van der Waals surface area contributed by atoms with Crippen molar-refractivity contribution in [1.82, 2.24) is 4.98 Å². The first-order chi connectivity index (χ1) is 7.20. The Balaban J connectivity index is 2.26. The summed E-state index contributed by atoms with van der Waals surface area (Å²) >= 11 is 6.08. The standard InChI is InChI=1S/C10H14ClN3O/c1-15-9-3-2-8(11)10(13-9)14-5-4-7(12)6-14/h2-3,7H,4-6,12H2,1H3/t7-/m1/s1. The molecule has 0 aromatic carbocycles. The number of ether oxygens (including phenoxy) is 1. The molecule has 2 rings (SSSR count). The zero-order valence-corrected chi connectivity index (χ0v) is 9.37. The minimum Gasteiger partial charge on any atom is -0.481 e. The zero-order chi connectivity index (χ0) is 10.8. The van der Waals surface area contributed by atoms with Crippen molar-refractivity contribution < 1.29 is 4.74 Å². The summed E-state index contributed by atoms with van der Waals surface area (Å²) < 4.78 is 5.07. The van der Waals surface area contributed by atoms with Gasteiger partial charge in [-0.1, -0.05) is 11.6 Å². The van der Waals surface area contributed by atoms with E-state index in [4.69, 9.17) is 22.1 Å². The van der Waals surface area contributed by atoms with Crippen LogP contribution in [0.2, 0.25) is 5.02 Å². The summed E-state index contributed by atoms with van der Waals surface area (Å²) in [5.41, 5.74) is 5.84. The number of aromatic nitrogens is 1. The van der Waals surface area contributed by atoms with Gasteiger partial charge in [0.05, 0.1) is 12.1 Å². The molecule has 82 valence electrons. The normalized spacial score (nSPS) is 20.7. The summed E-state index contributed by atoms with van der Waals surface area (Å²) in [7, 11) is 1.59. The van der Waals surface area contributed by atoms with Crippen LogP contribution in [-0.4, -0.2) is 31.2 Å². The van der Waals surface area contributed by atoms with Gasteiger partial charge in [-0.2, -0.15) is 4.98 Å². The second-order valence-electron chi connectivity index (χ2n) is 3.65. The second kappa shape index (κ2) is 4.24. The fraction of sp³-hybridized carbons (Fsp3) is 0.500. The van der Waals surface area contributed by atoms with Gasteiger partial charge in [0.25, 0.3) is 0 Å². The summed E-state index contributed by atoms with van der Waals surface area (Å²) in [5.74, 6) is 1.35. The van der Waals surface area contributed by atoms with E-state index in [9.17, 15) is 0 Å². The average molecular weight is 228 g/mol. The van der Waals surface area contributed by atoms with Crippen LogP contribution in [0.4, 0.5) is 5.82 Å². The Labute approximate surface area is 94.0 Å². The third-order valence-corrected chi connectivity index (χ3v) is 2.83. The van der Waals surface area contributed by atoms with Crippen LogP contribution in [0.5, 0.6) is 5.88 Å². The Bertz CT molecular complexity index is 359. The molecule has 0 aliphatic carbocycles. The number of rotatable bonds is 2. The number of nitrogens with zero attached hydrogens (tertiary/aromatic N) is 2. The number of pyridine rings is 1. The Hall–Kier alpha value is -1.00. The number of hydrogen-bond donors (Lipinski definition) is 1. The van der Waals surface area contributed by atoms with Crippen molar-refractivity contribution in [2.45, 2.75) is 12.5 Å². The zero-order valence-electron chi connectivity index (χ0n) is 8.61. The Morgan fingerprint density at radius 1 is 1.60 bits per heavy atom. The molecule has 0 unspecified atom stereocenters. The maximum absolute atomic E-state index is 6.08. The molecule has 0 spiro atoms. The predicted octanol–water partition coefficient (Wildman–Crippen LogP) is 1.28. The van der Waals surface area contributed by atoms with Crippen molar-refractivity contribution in [2.75, 3.05) is 25.1 Å². The molecule has 5 heteroatoms. The van der Waals surface area contributed by atoms with Crippen LogP contribution in [0.3, 0.4) is 0 Å². The lowest BCUT2D eigenvalue weighted by Crippen LogP contribution is -2.27. The van der Waals surface area contributed by atoms with E-state index in [2.05, 4.69) is 9.88 Å². The van der Waals surface area contributed by atoms with E-state index in [0.29, 0.717) is 10.9 Å². The fourth-order valence-corrected chi connectivity index (χ4v) is 1.95. The molecule has 0 amide bonds. The van der Waals surface area contributed by atoms with Crippen molar-refractivity contribution in [3.8, 4) is 5.88 Å². The highest BCUT2D eigenvalue weighted by Crippen LogP contribution is 2.28. The molecule has 1 atom stereocenters. The van der Waals surface area contributed by atoms with Crippen LogP contribution in [0.1, 0.15) is 6.42 Å². The van der Waals surface area contributed by atoms with Crippen LogP contribution in [-0.2, 0) is 0 Å². The minimum atomic E-state index is 0.217. The van der Waals surface area contributed by atoms with Gasteiger partial charge in [0.2, 0.25) is 5.88 Å². The van der Waals surface area contributed by atoms with E-state index in [1.165, 1.54) is 0 Å². The van der Waals surface area contributed by atoms with Crippen molar-refractivity contribution in [3.63, 3.8) is 0 Å². The van der Waals surface area contributed by atoms with Crippen LogP contribution in [0.25, 0.3) is 0 Å². The highest BCUT2D eigenvalue weighted by molar-refractivity contribution is 6.33. The molecule has 4 nitrogen and oxygen atoms in total. The maximum Gasteiger partial charge on any atom is 0.214 e. The van der Waals surface area contributed by atoms with Gasteiger partial charge in [-0.3, -0.25) is 0 Å². The summed E-state index contributed by atoms with van der Waals surface area (Å²) in [5, 5.41) is 0.643. The Kier molecular flexibility index (Phi) is 2.98. The van der Waals surface area contributed by atoms with Gasteiger partial charge in [-0.05, 0) is 12.5 Å². The third-order valence-electron chi connectivity index (χ3n) is 2.54. The van der Waals surface area contributed by atoms with Gasteiger partial charge in [0, 0.05) is 25.2 Å². The fourth-order valence-electron chi connectivity index (χ4n) is 1.73. The summed E-state index contributed by atoms with van der Waals surface area (Å²) in [6.07, 6.45) is 0.981. The van der Waals surface area contributed by atoms with Crippen LogP contribution >= 0.6 is 11.6 Å². The third kappa shape index (κ3) is 2.16. The smallest absolute Gasteiger partial charge is 0.214 e. The first-order valence-electron chi connectivity index (χ1n) is 4.92. The largest absolute Gasteiger partial charge is 0.481 e. The average Bonchev–Trinajstić information content (AvgIpc) is 2.65. The molecule has 2 heterocycles. The molecule has 0 saturated carbocycles. The van der Waals surface area contributed by atoms with Gasteiger partial charge < -0.3 is 15.4 Å². The lowest BCUT2D eigenvalue weighted by atomic mass is 10.3.